The molecule has 1 fully saturated rings. The van der Waals surface area contributed by atoms with Crippen LogP contribution in [0, 0.1) is 0 Å². The van der Waals surface area contributed by atoms with Crippen molar-refractivity contribution in [3.05, 3.63) is 0 Å². The van der Waals surface area contributed by atoms with Gasteiger partial charge in [0, 0.05) is 38.8 Å². The predicted octanol–water partition coefficient (Wildman–Crippen LogP) is 0.292. The molecule has 7 nitrogen and oxygen atoms in total. The van der Waals surface area contributed by atoms with Crippen molar-refractivity contribution in [3.8, 4) is 0 Å². The largest absolute Gasteiger partial charge is 0.481 e. The molecule has 7 heteroatoms. The Balaban J connectivity index is 2.59. The minimum absolute atomic E-state index is 0.0198. The number of carbonyl (C=O) groups is 2. The highest BCUT2D eigenvalue weighted by Gasteiger charge is 2.25. The van der Waals surface area contributed by atoms with Crippen molar-refractivity contribution in [3.63, 3.8) is 0 Å². The third-order valence-electron chi connectivity index (χ3n) is 3.71. The lowest BCUT2D eigenvalue weighted by atomic mass is 10.3. The van der Waals surface area contributed by atoms with Gasteiger partial charge in [-0.2, -0.15) is 0 Å². The average molecular weight is 301 g/mol. The first kappa shape index (κ1) is 17.7. The van der Waals surface area contributed by atoms with Gasteiger partial charge in [0.15, 0.2) is 0 Å². The Morgan fingerprint density at radius 3 is 2.48 bits per heavy atom. The van der Waals surface area contributed by atoms with E-state index in [1.807, 2.05) is 13.8 Å². The number of aliphatic hydroxyl groups excluding tert-OH is 1. The summed E-state index contributed by atoms with van der Waals surface area (Å²) in [5.74, 6) is -0.890. The van der Waals surface area contributed by atoms with Gasteiger partial charge in [0.2, 0.25) is 0 Å². The number of hydrogen-bond acceptors (Lipinski definition) is 4. The second kappa shape index (κ2) is 8.84. The van der Waals surface area contributed by atoms with Crippen LogP contribution in [-0.2, 0) is 4.79 Å². The Morgan fingerprint density at radius 2 is 1.90 bits per heavy atom. The van der Waals surface area contributed by atoms with Crippen molar-refractivity contribution >= 4 is 12.0 Å². The summed E-state index contributed by atoms with van der Waals surface area (Å²) in [5.41, 5.74) is 0. The van der Waals surface area contributed by atoms with Crippen LogP contribution in [0.4, 0.5) is 4.79 Å². The number of aliphatic carboxylic acids is 1. The van der Waals surface area contributed by atoms with Crippen molar-refractivity contribution in [1.29, 1.82) is 0 Å². The van der Waals surface area contributed by atoms with Crippen LogP contribution in [0.5, 0.6) is 0 Å². The monoisotopic (exact) mass is 301 g/mol. The summed E-state index contributed by atoms with van der Waals surface area (Å²) in [6.07, 6.45) is 0.838. The van der Waals surface area contributed by atoms with E-state index in [0.717, 1.165) is 19.5 Å². The molecule has 21 heavy (non-hydrogen) atoms. The van der Waals surface area contributed by atoms with Crippen LogP contribution in [0.15, 0.2) is 0 Å². The molecule has 1 aliphatic heterocycles. The number of carbonyl (C=O) groups excluding carboxylic acids is 1. The number of hydrogen-bond donors (Lipinski definition) is 2. The zero-order valence-corrected chi connectivity index (χ0v) is 13.0. The van der Waals surface area contributed by atoms with Gasteiger partial charge in [-0.15, -0.1) is 0 Å². The van der Waals surface area contributed by atoms with Gasteiger partial charge in [-0.3, -0.25) is 9.69 Å². The van der Waals surface area contributed by atoms with E-state index in [9.17, 15) is 9.59 Å². The van der Waals surface area contributed by atoms with E-state index in [0.29, 0.717) is 19.6 Å². The van der Waals surface area contributed by atoms with Gasteiger partial charge in [0.1, 0.15) is 0 Å². The number of β-amino-alcohol motifs (C(OH)–C–C–N with tert-alkyl or cyclic N) is 1. The first-order valence-electron chi connectivity index (χ1n) is 7.56. The fourth-order valence-electron chi connectivity index (χ4n) is 2.50. The minimum atomic E-state index is -0.890. The summed E-state index contributed by atoms with van der Waals surface area (Å²) < 4.78 is 0. The molecule has 1 saturated heterocycles. The zero-order chi connectivity index (χ0) is 15.8. The lowest BCUT2D eigenvalue weighted by Gasteiger charge is -2.32. The molecule has 0 bridgehead atoms. The standard InChI is InChI=1S/C14H27N3O4/c1-12(2)17(7-4-13(19)20)14(21)16-6-3-5-15(8-9-16)10-11-18/h12,18H,3-11H2,1-2H3,(H,19,20). The van der Waals surface area contributed by atoms with Crippen molar-refractivity contribution in [1.82, 2.24) is 14.7 Å². The van der Waals surface area contributed by atoms with Crippen LogP contribution in [-0.4, -0.2) is 88.8 Å². The topological polar surface area (TPSA) is 84.3 Å². The molecule has 0 unspecified atom stereocenters. The van der Waals surface area contributed by atoms with Crippen LogP contribution >= 0.6 is 0 Å². The van der Waals surface area contributed by atoms with Gasteiger partial charge < -0.3 is 20.0 Å². The fourth-order valence-corrected chi connectivity index (χ4v) is 2.50. The van der Waals surface area contributed by atoms with E-state index in [2.05, 4.69) is 4.90 Å². The molecule has 0 aromatic heterocycles. The highest BCUT2D eigenvalue weighted by Crippen LogP contribution is 2.10. The van der Waals surface area contributed by atoms with Crippen LogP contribution < -0.4 is 0 Å². The molecule has 0 atom stereocenters. The van der Waals surface area contributed by atoms with Crippen LogP contribution in [0.3, 0.4) is 0 Å². The molecule has 0 spiro atoms. The molecule has 1 rings (SSSR count). The lowest BCUT2D eigenvalue weighted by Crippen LogP contribution is -2.48. The molecule has 0 aromatic rings. The summed E-state index contributed by atoms with van der Waals surface area (Å²) in [6.45, 7) is 7.72. The molecule has 0 saturated carbocycles. The van der Waals surface area contributed by atoms with E-state index in [4.69, 9.17) is 10.2 Å². The molecular weight excluding hydrogens is 274 g/mol. The summed E-state index contributed by atoms with van der Waals surface area (Å²) in [7, 11) is 0. The average Bonchev–Trinajstić information content (AvgIpc) is 2.64. The molecular formula is C14H27N3O4. The minimum Gasteiger partial charge on any atom is -0.481 e. The second-order valence-electron chi connectivity index (χ2n) is 5.62. The summed E-state index contributed by atoms with van der Waals surface area (Å²) in [4.78, 5) is 28.8. The van der Waals surface area contributed by atoms with Gasteiger partial charge in [0.25, 0.3) is 0 Å². The van der Waals surface area contributed by atoms with E-state index < -0.39 is 5.97 Å². The summed E-state index contributed by atoms with van der Waals surface area (Å²) >= 11 is 0. The number of carboxylic acids is 1. The van der Waals surface area contributed by atoms with Crippen molar-refractivity contribution in [2.75, 3.05) is 45.9 Å². The number of rotatable bonds is 6. The Morgan fingerprint density at radius 1 is 1.19 bits per heavy atom. The van der Waals surface area contributed by atoms with Gasteiger partial charge in [0.05, 0.1) is 13.0 Å². The van der Waals surface area contributed by atoms with Gasteiger partial charge in [-0.05, 0) is 26.8 Å². The second-order valence-corrected chi connectivity index (χ2v) is 5.62. The Hall–Kier alpha value is -1.34. The molecule has 1 aliphatic rings. The van der Waals surface area contributed by atoms with Crippen LogP contribution in [0.25, 0.3) is 0 Å². The number of aliphatic hydroxyl groups is 1. The van der Waals surface area contributed by atoms with E-state index in [-0.39, 0.29) is 31.6 Å². The van der Waals surface area contributed by atoms with Crippen LogP contribution in [0.2, 0.25) is 0 Å². The quantitative estimate of drug-likeness (QED) is 0.737. The SMILES string of the molecule is CC(C)N(CCC(=O)O)C(=O)N1CCCN(CCO)CC1. The molecule has 0 aliphatic carbocycles. The normalized spacial score (nSPS) is 16.9. The maximum atomic E-state index is 12.6. The fraction of sp³-hybridized carbons (Fsp3) is 0.857. The summed E-state index contributed by atoms with van der Waals surface area (Å²) in [5, 5.41) is 17.8. The molecule has 0 aromatic carbocycles. The molecule has 122 valence electrons. The van der Waals surface area contributed by atoms with E-state index in [1.165, 1.54) is 0 Å². The van der Waals surface area contributed by atoms with Gasteiger partial charge >= 0.3 is 12.0 Å². The van der Waals surface area contributed by atoms with E-state index in [1.54, 1.807) is 9.80 Å². The lowest BCUT2D eigenvalue weighted by molar-refractivity contribution is -0.137. The molecule has 2 amide bonds. The Labute approximate surface area is 126 Å². The first-order chi connectivity index (χ1) is 9.95. The molecule has 1 heterocycles. The zero-order valence-electron chi connectivity index (χ0n) is 13.0. The third kappa shape index (κ3) is 5.89. The molecule has 2 N–H and O–H groups in total. The highest BCUT2D eigenvalue weighted by atomic mass is 16.4. The van der Waals surface area contributed by atoms with Crippen LogP contribution in [0.1, 0.15) is 26.7 Å². The maximum Gasteiger partial charge on any atom is 0.320 e. The number of amides is 2. The van der Waals surface area contributed by atoms with Gasteiger partial charge in [-0.1, -0.05) is 0 Å². The molecule has 0 radical (unpaired) electrons. The first-order valence-corrected chi connectivity index (χ1v) is 7.56. The van der Waals surface area contributed by atoms with Crippen molar-refractivity contribution in [2.45, 2.75) is 32.7 Å². The number of carboxylic acid groups (broad SMARTS) is 1. The number of urea groups is 1. The summed E-state index contributed by atoms with van der Waals surface area (Å²) in [6, 6.07) is -0.106. The number of nitrogens with zero attached hydrogens (tertiary/aromatic N) is 3. The Bertz CT molecular complexity index is 349. The van der Waals surface area contributed by atoms with E-state index >= 15 is 0 Å². The van der Waals surface area contributed by atoms with Crippen molar-refractivity contribution in [2.24, 2.45) is 0 Å². The Kier molecular flexibility index (Phi) is 7.45. The third-order valence-corrected chi connectivity index (χ3v) is 3.71. The smallest absolute Gasteiger partial charge is 0.320 e. The maximum absolute atomic E-state index is 12.6. The van der Waals surface area contributed by atoms with Gasteiger partial charge in [-0.25, -0.2) is 4.79 Å². The predicted molar refractivity (Wildman–Crippen MR) is 79.2 cm³/mol. The highest BCUT2D eigenvalue weighted by molar-refractivity contribution is 5.76. The van der Waals surface area contributed by atoms with Crippen molar-refractivity contribution < 1.29 is 19.8 Å².